The summed E-state index contributed by atoms with van der Waals surface area (Å²) >= 11 is 0. The minimum Gasteiger partial charge on any atom is -0.469 e. The van der Waals surface area contributed by atoms with E-state index < -0.39 is 10.0 Å². The zero-order chi connectivity index (χ0) is 20.1. The van der Waals surface area contributed by atoms with Gasteiger partial charge in [-0.1, -0.05) is 30.3 Å². The van der Waals surface area contributed by atoms with Crippen molar-refractivity contribution in [3.63, 3.8) is 0 Å². The third kappa shape index (κ3) is 4.47. The van der Waals surface area contributed by atoms with E-state index in [4.69, 9.17) is 4.42 Å². The van der Waals surface area contributed by atoms with E-state index in [9.17, 15) is 13.2 Å². The quantitative estimate of drug-likeness (QED) is 0.491. The van der Waals surface area contributed by atoms with Crippen molar-refractivity contribution in [2.45, 2.75) is 18.7 Å². The predicted molar refractivity (Wildman–Crippen MR) is 107 cm³/mol. The van der Waals surface area contributed by atoms with Crippen LogP contribution in [0, 0.1) is 6.92 Å². The van der Waals surface area contributed by atoms with E-state index in [0.29, 0.717) is 28.3 Å². The number of carbonyl (C=O) groups excluding carboxylic acids is 1. The average molecular weight is 397 g/mol. The SMILES string of the molecule is CC(=NNC(=O)c1ccoc1C)c1cccc(NS(=O)(=O)c2ccccc2)c1. The van der Waals surface area contributed by atoms with Gasteiger partial charge >= 0.3 is 0 Å². The Kier molecular flexibility index (Phi) is 5.60. The van der Waals surface area contributed by atoms with Crippen LogP contribution < -0.4 is 10.1 Å². The van der Waals surface area contributed by atoms with Crippen molar-refractivity contribution in [3.05, 3.63) is 83.8 Å². The van der Waals surface area contributed by atoms with Crippen LogP contribution in [0.15, 0.2) is 81.3 Å². The normalized spacial score (nSPS) is 11.9. The highest BCUT2D eigenvalue weighted by Gasteiger charge is 2.14. The molecule has 7 nitrogen and oxygen atoms in total. The molecule has 0 aliphatic carbocycles. The standard InChI is InChI=1S/C20H19N3O4S/c1-14(21-22-20(24)19-11-12-27-15(19)2)16-7-6-8-17(13-16)23-28(25,26)18-9-4-3-5-10-18/h3-13,23H,1-2H3,(H,22,24). The Morgan fingerprint density at radius 1 is 1.04 bits per heavy atom. The van der Waals surface area contributed by atoms with E-state index >= 15 is 0 Å². The number of anilines is 1. The van der Waals surface area contributed by atoms with E-state index in [0.717, 1.165) is 0 Å². The van der Waals surface area contributed by atoms with Crippen LogP contribution >= 0.6 is 0 Å². The summed E-state index contributed by atoms with van der Waals surface area (Å²) in [5.41, 5.74) is 4.46. The number of sulfonamides is 1. The molecular formula is C20H19N3O4S. The molecule has 3 rings (SSSR count). The van der Waals surface area contributed by atoms with Crippen molar-refractivity contribution in [2.24, 2.45) is 5.10 Å². The largest absolute Gasteiger partial charge is 0.469 e. The second-order valence-electron chi connectivity index (χ2n) is 6.03. The number of nitrogens with zero attached hydrogens (tertiary/aromatic N) is 1. The average Bonchev–Trinajstić information content (AvgIpc) is 3.12. The maximum atomic E-state index is 12.5. The molecule has 1 heterocycles. The molecule has 0 aliphatic heterocycles. The van der Waals surface area contributed by atoms with Crippen LogP contribution in [-0.2, 0) is 10.0 Å². The molecule has 0 bridgehead atoms. The number of hydrazone groups is 1. The van der Waals surface area contributed by atoms with Gasteiger partial charge in [-0.2, -0.15) is 5.10 Å². The van der Waals surface area contributed by atoms with Crippen molar-refractivity contribution < 1.29 is 17.6 Å². The topological polar surface area (TPSA) is 101 Å². The second kappa shape index (κ2) is 8.10. The van der Waals surface area contributed by atoms with Gasteiger partial charge in [0, 0.05) is 5.69 Å². The van der Waals surface area contributed by atoms with Gasteiger partial charge in [0.15, 0.2) is 0 Å². The molecule has 0 fully saturated rings. The molecule has 0 spiro atoms. The van der Waals surface area contributed by atoms with Gasteiger partial charge in [-0.15, -0.1) is 0 Å². The summed E-state index contributed by atoms with van der Waals surface area (Å²) in [6.07, 6.45) is 1.43. The van der Waals surface area contributed by atoms with Crippen LogP contribution in [0.5, 0.6) is 0 Å². The van der Waals surface area contributed by atoms with E-state index in [1.54, 1.807) is 62.4 Å². The van der Waals surface area contributed by atoms with Gasteiger partial charge in [-0.25, -0.2) is 13.8 Å². The fourth-order valence-electron chi connectivity index (χ4n) is 2.50. The molecule has 1 aromatic heterocycles. The minimum absolute atomic E-state index is 0.175. The highest BCUT2D eigenvalue weighted by molar-refractivity contribution is 7.92. The Hall–Kier alpha value is -3.39. The number of rotatable bonds is 6. The molecule has 8 heteroatoms. The van der Waals surface area contributed by atoms with E-state index in [1.807, 2.05) is 0 Å². The lowest BCUT2D eigenvalue weighted by Crippen LogP contribution is -2.19. The molecule has 2 N–H and O–H groups in total. The third-order valence-electron chi connectivity index (χ3n) is 4.01. The van der Waals surface area contributed by atoms with Crippen molar-refractivity contribution in [2.75, 3.05) is 4.72 Å². The first-order valence-corrected chi connectivity index (χ1v) is 9.92. The number of furan rings is 1. The fraction of sp³-hybridized carbons (Fsp3) is 0.100. The lowest BCUT2D eigenvalue weighted by atomic mass is 10.1. The van der Waals surface area contributed by atoms with E-state index in [2.05, 4.69) is 15.2 Å². The molecule has 0 atom stereocenters. The molecule has 28 heavy (non-hydrogen) atoms. The lowest BCUT2D eigenvalue weighted by Gasteiger charge is -2.09. The summed E-state index contributed by atoms with van der Waals surface area (Å²) in [7, 11) is -3.69. The number of benzene rings is 2. The zero-order valence-corrected chi connectivity index (χ0v) is 16.2. The number of carbonyl (C=O) groups is 1. The number of hydrogen-bond acceptors (Lipinski definition) is 5. The lowest BCUT2D eigenvalue weighted by molar-refractivity contribution is 0.0953. The number of hydrogen-bond donors (Lipinski definition) is 2. The van der Waals surface area contributed by atoms with Crippen molar-refractivity contribution in [1.82, 2.24) is 5.43 Å². The number of nitrogens with one attached hydrogen (secondary N) is 2. The van der Waals surface area contributed by atoms with Gasteiger partial charge in [0.2, 0.25) is 0 Å². The van der Waals surface area contributed by atoms with Gasteiger partial charge in [0.1, 0.15) is 5.76 Å². The molecule has 0 unspecified atom stereocenters. The Morgan fingerprint density at radius 3 is 2.46 bits per heavy atom. The molecule has 0 saturated heterocycles. The Bertz CT molecular complexity index is 1120. The Balaban J connectivity index is 1.75. The summed E-state index contributed by atoms with van der Waals surface area (Å²) in [5.74, 6) is 0.120. The molecule has 1 amide bonds. The third-order valence-corrected chi connectivity index (χ3v) is 5.41. The maximum Gasteiger partial charge on any atom is 0.274 e. The fourth-order valence-corrected chi connectivity index (χ4v) is 3.57. The Morgan fingerprint density at radius 2 is 1.79 bits per heavy atom. The number of aryl methyl sites for hydroxylation is 1. The molecule has 0 saturated carbocycles. The van der Waals surface area contributed by atoms with Gasteiger partial charge in [-0.05, 0) is 49.7 Å². The van der Waals surface area contributed by atoms with E-state index in [1.165, 1.54) is 18.4 Å². The molecule has 0 aliphatic rings. The van der Waals surface area contributed by atoms with Crippen molar-refractivity contribution >= 4 is 27.3 Å². The van der Waals surface area contributed by atoms with Crippen LogP contribution in [0.2, 0.25) is 0 Å². The summed E-state index contributed by atoms with van der Waals surface area (Å²) in [6, 6.07) is 16.4. The van der Waals surface area contributed by atoms with Crippen molar-refractivity contribution in [1.29, 1.82) is 0 Å². The van der Waals surface area contributed by atoms with Gasteiger partial charge < -0.3 is 4.42 Å². The van der Waals surface area contributed by atoms with Crippen LogP contribution in [0.1, 0.15) is 28.6 Å². The smallest absolute Gasteiger partial charge is 0.274 e. The second-order valence-corrected chi connectivity index (χ2v) is 7.71. The zero-order valence-electron chi connectivity index (χ0n) is 15.3. The van der Waals surface area contributed by atoms with Crippen LogP contribution in [0.25, 0.3) is 0 Å². The summed E-state index contributed by atoms with van der Waals surface area (Å²) < 4.78 is 32.6. The molecule has 144 valence electrons. The molecular weight excluding hydrogens is 378 g/mol. The first-order chi connectivity index (χ1) is 13.4. The maximum absolute atomic E-state index is 12.5. The first-order valence-electron chi connectivity index (χ1n) is 8.44. The summed E-state index contributed by atoms with van der Waals surface area (Å²) in [4.78, 5) is 12.3. The van der Waals surface area contributed by atoms with Crippen LogP contribution in [0.4, 0.5) is 5.69 Å². The summed E-state index contributed by atoms with van der Waals surface area (Å²) in [6.45, 7) is 3.40. The highest BCUT2D eigenvalue weighted by atomic mass is 32.2. The van der Waals surface area contributed by atoms with Gasteiger partial charge in [0.05, 0.1) is 22.4 Å². The van der Waals surface area contributed by atoms with Gasteiger partial charge in [-0.3, -0.25) is 9.52 Å². The number of amides is 1. The Labute approximate surface area is 163 Å². The molecule has 3 aromatic rings. The predicted octanol–water partition coefficient (Wildman–Crippen LogP) is 3.54. The molecule has 2 aromatic carbocycles. The van der Waals surface area contributed by atoms with E-state index in [-0.39, 0.29) is 10.8 Å². The summed E-state index contributed by atoms with van der Waals surface area (Å²) in [5, 5.41) is 4.09. The van der Waals surface area contributed by atoms with Crippen LogP contribution in [0.3, 0.4) is 0 Å². The van der Waals surface area contributed by atoms with Crippen LogP contribution in [-0.4, -0.2) is 20.0 Å². The van der Waals surface area contributed by atoms with Crippen molar-refractivity contribution in [3.8, 4) is 0 Å². The highest BCUT2D eigenvalue weighted by Crippen LogP contribution is 2.17. The van der Waals surface area contributed by atoms with Gasteiger partial charge in [0.25, 0.3) is 15.9 Å². The monoisotopic (exact) mass is 397 g/mol. The minimum atomic E-state index is -3.69. The molecule has 0 radical (unpaired) electrons. The first kappa shape index (κ1) is 19.4.